The Balaban J connectivity index is 1.76. The highest BCUT2D eigenvalue weighted by molar-refractivity contribution is 5.94. The molecule has 0 bridgehead atoms. The normalized spacial score (nSPS) is 17.8. The molecule has 120 valence electrons. The van der Waals surface area contributed by atoms with E-state index in [1.807, 2.05) is 38.2 Å². The molecule has 1 amide bonds. The summed E-state index contributed by atoms with van der Waals surface area (Å²) in [5.74, 6) is 0.775. The molecular weight excluding hydrogens is 292 g/mol. The number of nitrogens with zero attached hydrogens (tertiary/aromatic N) is 3. The van der Waals surface area contributed by atoms with Gasteiger partial charge in [-0.05, 0) is 30.7 Å². The van der Waals surface area contributed by atoms with E-state index in [0.29, 0.717) is 25.3 Å². The van der Waals surface area contributed by atoms with Crippen LogP contribution in [0.1, 0.15) is 27.7 Å². The minimum atomic E-state index is -0.209. The number of pyridine rings is 2. The molecule has 1 saturated heterocycles. The van der Waals surface area contributed by atoms with Crippen molar-refractivity contribution in [2.24, 2.45) is 0 Å². The van der Waals surface area contributed by atoms with E-state index < -0.39 is 0 Å². The van der Waals surface area contributed by atoms with Crippen LogP contribution in [0.2, 0.25) is 0 Å². The number of rotatable bonds is 3. The predicted octanol–water partition coefficient (Wildman–Crippen LogP) is 2.04. The lowest BCUT2D eigenvalue weighted by atomic mass is 10.1. The molecule has 2 aromatic rings. The fraction of sp³-hybridized carbons (Fsp3) is 0.353. The van der Waals surface area contributed by atoms with Gasteiger partial charge in [-0.3, -0.25) is 9.78 Å². The number of amides is 1. The number of carbonyl (C=O) groups excluding carboxylic acids is 1. The molecule has 6 nitrogen and oxygen atoms in total. The van der Waals surface area contributed by atoms with Crippen LogP contribution < -0.4 is 5.32 Å². The zero-order valence-electron chi connectivity index (χ0n) is 13.3. The topological polar surface area (TPSA) is 67.4 Å². The zero-order chi connectivity index (χ0) is 16.2. The number of nitrogens with one attached hydrogen (secondary N) is 1. The van der Waals surface area contributed by atoms with Gasteiger partial charge in [0, 0.05) is 26.0 Å². The SMILES string of the molecule is CNc1cccc([C@H]2CN(C(=O)c3cncc(C)c3)CCO2)n1. The minimum Gasteiger partial charge on any atom is -0.373 e. The Hall–Kier alpha value is -2.47. The van der Waals surface area contributed by atoms with E-state index in [0.717, 1.165) is 17.1 Å². The maximum atomic E-state index is 12.6. The summed E-state index contributed by atoms with van der Waals surface area (Å²) in [5, 5.41) is 3.02. The molecule has 23 heavy (non-hydrogen) atoms. The van der Waals surface area contributed by atoms with Crippen LogP contribution in [0.25, 0.3) is 0 Å². The Morgan fingerprint density at radius 2 is 2.26 bits per heavy atom. The second-order valence-corrected chi connectivity index (χ2v) is 5.56. The van der Waals surface area contributed by atoms with Gasteiger partial charge >= 0.3 is 0 Å². The number of aryl methyl sites for hydroxylation is 1. The highest BCUT2D eigenvalue weighted by Gasteiger charge is 2.27. The van der Waals surface area contributed by atoms with E-state index in [-0.39, 0.29) is 12.0 Å². The molecule has 6 heteroatoms. The maximum absolute atomic E-state index is 12.6. The van der Waals surface area contributed by atoms with E-state index in [2.05, 4.69) is 15.3 Å². The van der Waals surface area contributed by atoms with Gasteiger partial charge in [0.25, 0.3) is 5.91 Å². The predicted molar refractivity (Wildman–Crippen MR) is 87.4 cm³/mol. The van der Waals surface area contributed by atoms with Crippen LogP contribution in [0.4, 0.5) is 5.82 Å². The van der Waals surface area contributed by atoms with Crippen molar-refractivity contribution in [3.63, 3.8) is 0 Å². The molecule has 0 aliphatic carbocycles. The molecule has 0 radical (unpaired) electrons. The fourth-order valence-corrected chi connectivity index (χ4v) is 2.64. The van der Waals surface area contributed by atoms with Gasteiger partial charge in [-0.15, -0.1) is 0 Å². The van der Waals surface area contributed by atoms with Crippen LogP contribution in [-0.4, -0.2) is 47.5 Å². The number of morpholine rings is 1. The Morgan fingerprint density at radius 1 is 1.39 bits per heavy atom. The van der Waals surface area contributed by atoms with E-state index in [4.69, 9.17) is 4.74 Å². The van der Waals surface area contributed by atoms with E-state index in [1.165, 1.54) is 0 Å². The Bertz CT molecular complexity index is 704. The third kappa shape index (κ3) is 3.48. The van der Waals surface area contributed by atoms with E-state index >= 15 is 0 Å². The Morgan fingerprint density at radius 3 is 3.04 bits per heavy atom. The zero-order valence-corrected chi connectivity index (χ0v) is 13.3. The summed E-state index contributed by atoms with van der Waals surface area (Å²) in [7, 11) is 1.83. The quantitative estimate of drug-likeness (QED) is 0.939. The molecular formula is C17H20N4O2. The van der Waals surface area contributed by atoms with Crippen LogP contribution in [0, 0.1) is 6.92 Å². The second-order valence-electron chi connectivity index (χ2n) is 5.56. The van der Waals surface area contributed by atoms with Crippen molar-refractivity contribution in [3.05, 3.63) is 53.5 Å². The summed E-state index contributed by atoms with van der Waals surface area (Å²) < 4.78 is 5.80. The van der Waals surface area contributed by atoms with Crippen LogP contribution >= 0.6 is 0 Å². The number of aromatic nitrogens is 2. The smallest absolute Gasteiger partial charge is 0.255 e. The van der Waals surface area contributed by atoms with Crippen molar-refractivity contribution in [1.29, 1.82) is 0 Å². The van der Waals surface area contributed by atoms with Gasteiger partial charge in [0.15, 0.2) is 0 Å². The third-order valence-electron chi connectivity index (χ3n) is 3.83. The van der Waals surface area contributed by atoms with Gasteiger partial charge in [-0.2, -0.15) is 0 Å². The fourth-order valence-electron chi connectivity index (χ4n) is 2.64. The molecule has 1 atom stereocenters. The van der Waals surface area contributed by atoms with Crippen LogP contribution in [0.3, 0.4) is 0 Å². The van der Waals surface area contributed by atoms with Crippen molar-refractivity contribution in [2.45, 2.75) is 13.0 Å². The lowest BCUT2D eigenvalue weighted by molar-refractivity contribution is -0.0246. The van der Waals surface area contributed by atoms with E-state index in [9.17, 15) is 4.79 Å². The first-order valence-corrected chi connectivity index (χ1v) is 7.64. The Kier molecular flexibility index (Phi) is 4.52. The van der Waals surface area contributed by atoms with Crippen LogP contribution in [-0.2, 0) is 4.74 Å². The number of hydrogen-bond acceptors (Lipinski definition) is 5. The Labute approximate surface area is 135 Å². The van der Waals surface area contributed by atoms with Gasteiger partial charge in [0.2, 0.25) is 0 Å². The summed E-state index contributed by atoms with van der Waals surface area (Å²) in [6, 6.07) is 7.61. The lowest BCUT2D eigenvalue weighted by Gasteiger charge is -2.32. The highest BCUT2D eigenvalue weighted by atomic mass is 16.5. The van der Waals surface area contributed by atoms with Gasteiger partial charge in [0.05, 0.1) is 24.4 Å². The summed E-state index contributed by atoms with van der Waals surface area (Å²) in [4.78, 5) is 23.1. The second kappa shape index (κ2) is 6.75. The molecule has 3 heterocycles. The summed E-state index contributed by atoms with van der Waals surface area (Å²) in [6.07, 6.45) is 3.14. The van der Waals surface area contributed by atoms with E-state index in [1.54, 1.807) is 17.3 Å². The van der Waals surface area contributed by atoms with Crippen molar-refractivity contribution < 1.29 is 9.53 Å². The average Bonchev–Trinajstić information content (AvgIpc) is 2.61. The van der Waals surface area contributed by atoms with Gasteiger partial charge in [-0.1, -0.05) is 6.07 Å². The van der Waals surface area contributed by atoms with Crippen molar-refractivity contribution in [2.75, 3.05) is 32.1 Å². The molecule has 0 spiro atoms. The molecule has 1 aliphatic heterocycles. The maximum Gasteiger partial charge on any atom is 0.255 e. The number of carbonyl (C=O) groups is 1. The van der Waals surface area contributed by atoms with Gasteiger partial charge in [0.1, 0.15) is 11.9 Å². The molecule has 0 saturated carbocycles. The van der Waals surface area contributed by atoms with Crippen LogP contribution in [0.5, 0.6) is 0 Å². The first-order valence-electron chi connectivity index (χ1n) is 7.64. The molecule has 0 aromatic carbocycles. The first kappa shape index (κ1) is 15.4. The standard InChI is InChI=1S/C17H20N4O2/c1-12-8-13(10-19-9-12)17(22)21-6-7-23-15(11-21)14-4-3-5-16(18-2)20-14/h3-5,8-10,15H,6-7,11H2,1-2H3,(H,18,20)/t15-/m1/s1. The molecule has 0 unspecified atom stereocenters. The summed E-state index contributed by atoms with van der Waals surface area (Å²) in [5.41, 5.74) is 2.42. The minimum absolute atomic E-state index is 0.0146. The average molecular weight is 312 g/mol. The lowest BCUT2D eigenvalue weighted by Crippen LogP contribution is -2.42. The molecule has 1 aliphatic rings. The molecule has 1 fully saturated rings. The van der Waals surface area contributed by atoms with Gasteiger partial charge < -0.3 is 15.0 Å². The molecule has 2 aromatic heterocycles. The van der Waals surface area contributed by atoms with Gasteiger partial charge in [-0.25, -0.2) is 4.98 Å². The molecule has 1 N–H and O–H groups in total. The first-order chi connectivity index (χ1) is 11.2. The van der Waals surface area contributed by atoms with Crippen molar-refractivity contribution >= 4 is 11.7 Å². The third-order valence-corrected chi connectivity index (χ3v) is 3.83. The van der Waals surface area contributed by atoms with Crippen LogP contribution in [0.15, 0.2) is 36.7 Å². The summed E-state index contributed by atoms with van der Waals surface area (Å²) >= 11 is 0. The largest absolute Gasteiger partial charge is 0.373 e. The van der Waals surface area contributed by atoms with Crippen molar-refractivity contribution in [1.82, 2.24) is 14.9 Å². The summed E-state index contributed by atoms with van der Waals surface area (Å²) in [6.45, 7) is 3.50. The van der Waals surface area contributed by atoms with Crippen molar-refractivity contribution in [3.8, 4) is 0 Å². The number of ether oxygens (including phenoxy) is 1. The molecule has 3 rings (SSSR count). The highest BCUT2D eigenvalue weighted by Crippen LogP contribution is 2.23. The number of anilines is 1. The number of hydrogen-bond donors (Lipinski definition) is 1. The monoisotopic (exact) mass is 312 g/mol.